The fourth-order valence-corrected chi connectivity index (χ4v) is 3.19. The number of aryl methyl sites for hydroxylation is 1. The SMILES string of the molecule is Cc1sc(C(C#N)Nc2ccc(Cl)cc2)cc1Br. The summed E-state index contributed by atoms with van der Waals surface area (Å²) in [4.78, 5) is 2.17. The third-order valence-electron chi connectivity index (χ3n) is 2.45. The van der Waals surface area contributed by atoms with Crippen LogP contribution in [0.3, 0.4) is 0 Å². The second-order valence-corrected chi connectivity index (χ2v) is 6.34. The zero-order valence-electron chi connectivity index (χ0n) is 9.58. The van der Waals surface area contributed by atoms with Crippen molar-refractivity contribution in [1.82, 2.24) is 0 Å². The maximum absolute atomic E-state index is 9.25. The first kappa shape index (κ1) is 13.4. The Balaban J connectivity index is 2.20. The fraction of sp³-hybridized carbons (Fsp3) is 0.154. The summed E-state index contributed by atoms with van der Waals surface area (Å²) >= 11 is 10.9. The number of thiophene rings is 1. The number of nitrogens with zero attached hydrogens (tertiary/aromatic N) is 1. The van der Waals surface area contributed by atoms with Crippen molar-refractivity contribution in [3.05, 3.63) is 49.6 Å². The minimum absolute atomic E-state index is 0.346. The lowest BCUT2D eigenvalue weighted by Gasteiger charge is -2.11. The van der Waals surface area contributed by atoms with Gasteiger partial charge in [0.25, 0.3) is 0 Å². The lowest BCUT2D eigenvalue weighted by atomic mass is 10.2. The van der Waals surface area contributed by atoms with E-state index in [1.165, 1.54) is 4.88 Å². The molecule has 5 heteroatoms. The number of nitriles is 1. The lowest BCUT2D eigenvalue weighted by molar-refractivity contribution is 1.03. The van der Waals surface area contributed by atoms with Crippen LogP contribution in [-0.4, -0.2) is 0 Å². The van der Waals surface area contributed by atoms with Crippen LogP contribution in [-0.2, 0) is 0 Å². The summed E-state index contributed by atoms with van der Waals surface area (Å²) in [5, 5.41) is 13.1. The number of nitrogens with one attached hydrogen (secondary N) is 1. The quantitative estimate of drug-likeness (QED) is 0.838. The van der Waals surface area contributed by atoms with E-state index < -0.39 is 0 Å². The van der Waals surface area contributed by atoms with E-state index in [9.17, 15) is 5.26 Å². The van der Waals surface area contributed by atoms with Crippen LogP contribution < -0.4 is 5.32 Å². The second-order valence-electron chi connectivity index (χ2n) is 3.77. The molecule has 18 heavy (non-hydrogen) atoms. The van der Waals surface area contributed by atoms with Crippen LogP contribution in [0.1, 0.15) is 15.8 Å². The number of halogens is 2. The molecule has 0 saturated carbocycles. The third-order valence-corrected chi connectivity index (χ3v) is 4.90. The molecule has 0 fully saturated rings. The summed E-state index contributed by atoms with van der Waals surface area (Å²) in [5.41, 5.74) is 0.883. The van der Waals surface area contributed by atoms with Crippen molar-refractivity contribution < 1.29 is 0 Å². The van der Waals surface area contributed by atoms with Gasteiger partial charge in [0, 0.05) is 24.9 Å². The smallest absolute Gasteiger partial charge is 0.149 e. The highest BCUT2D eigenvalue weighted by Gasteiger charge is 2.14. The molecule has 0 aliphatic heterocycles. The van der Waals surface area contributed by atoms with Gasteiger partial charge in [-0.1, -0.05) is 11.6 Å². The highest BCUT2D eigenvalue weighted by molar-refractivity contribution is 9.10. The molecular weight excluding hydrogens is 332 g/mol. The highest BCUT2D eigenvalue weighted by atomic mass is 79.9. The minimum atomic E-state index is -0.346. The second kappa shape index (κ2) is 5.75. The van der Waals surface area contributed by atoms with Crippen molar-refractivity contribution in [2.45, 2.75) is 13.0 Å². The van der Waals surface area contributed by atoms with E-state index in [4.69, 9.17) is 11.6 Å². The Bertz CT molecular complexity index is 567. The summed E-state index contributed by atoms with van der Waals surface area (Å²) in [6.07, 6.45) is 0. The number of benzene rings is 1. The predicted octanol–water partition coefficient (Wildman–Crippen LogP) is 5.15. The molecule has 1 N–H and O–H groups in total. The number of hydrogen-bond acceptors (Lipinski definition) is 3. The largest absolute Gasteiger partial charge is 0.366 e. The Hall–Kier alpha value is -1.02. The van der Waals surface area contributed by atoms with Crippen LogP contribution in [0.5, 0.6) is 0 Å². The van der Waals surface area contributed by atoms with Crippen LogP contribution in [0.25, 0.3) is 0 Å². The molecule has 0 aliphatic rings. The Morgan fingerprint density at radius 1 is 1.39 bits per heavy atom. The van der Waals surface area contributed by atoms with E-state index in [2.05, 4.69) is 27.3 Å². The van der Waals surface area contributed by atoms with Crippen molar-refractivity contribution in [2.24, 2.45) is 0 Å². The van der Waals surface area contributed by atoms with Crippen LogP contribution in [0.2, 0.25) is 5.02 Å². The molecule has 1 aromatic carbocycles. The van der Waals surface area contributed by atoms with E-state index in [0.29, 0.717) is 5.02 Å². The maximum atomic E-state index is 9.25. The van der Waals surface area contributed by atoms with Gasteiger partial charge in [-0.05, 0) is 53.2 Å². The molecule has 1 aromatic heterocycles. The Kier molecular flexibility index (Phi) is 4.28. The van der Waals surface area contributed by atoms with Gasteiger partial charge in [-0.25, -0.2) is 0 Å². The van der Waals surface area contributed by atoms with Crippen molar-refractivity contribution in [3.63, 3.8) is 0 Å². The molecule has 1 atom stereocenters. The van der Waals surface area contributed by atoms with Crippen LogP contribution in [0.15, 0.2) is 34.8 Å². The fourth-order valence-electron chi connectivity index (χ4n) is 1.50. The third kappa shape index (κ3) is 3.05. The molecule has 2 rings (SSSR count). The zero-order chi connectivity index (χ0) is 13.1. The molecule has 0 aliphatic carbocycles. The number of anilines is 1. The van der Waals surface area contributed by atoms with Gasteiger partial charge < -0.3 is 5.32 Å². The summed E-state index contributed by atoms with van der Waals surface area (Å²) in [7, 11) is 0. The van der Waals surface area contributed by atoms with E-state index in [1.807, 2.05) is 25.1 Å². The van der Waals surface area contributed by atoms with Gasteiger partial charge in [0.05, 0.1) is 6.07 Å². The Morgan fingerprint density at radius 3 is 2.56 bits per heavy atom. The van der Waals surface area contributed by atoms with E-state index in [1.54, 1.807) is 23.5 Å². The molecule has 0 spiro atoms. The highest BCUT2D eigenvalue weighted by Crippen LogP contribution is 2.32. The Morgan fingerprint density at radius 2 is 2.06 bits per heavy atom. The van der Waals surface area contributed by atoms with Gasteiger partial charge in [0.15, 0.2) is 0 Å². The van der Waals surface area contributed by atoms with Crippen molar-refractivity contribution >= 4 is 44.6 Å². The lowest BCUT2D eigenvalue weighted by Crippen LogP contribution is -2.06. The molecule has 0 amide bonds. The van der Waals surface area contributed by atoms with Gasteiger partial charge in [-0.15, -0.1) is 11.3 Å². The van der Waals surface area contributed by atoms with Crippen LogP contribution in [0.4, 0.5) is 5.69 Å². The maximum Gasteiger partial charge on any atom is 0.149 e. The van der Waals surface area contributed by atoms with Gasteiger partial charge >= 0.3 is 0 Å². The van der Waals surface area contributed by atoms with E-state index in [-0.39, 0.29) is 6.04 Å². The molecule has 0 saturated heterocycles. The van der Waals surface area contributed by atoms with E-state index >= 15 is 0 Å². The molecule has 2 nitrogen and oxygen atoms in total. The molecule has 1 heterocycles. The topological polar surface area (TPSA) is 35.8 Å². The molecule has 92 valence electrons. The summed E-state index contributed by atoms with van der Waals surface area (Å²) in [5.74, 6) is 0. The zero-order valence-corrected chi connectivity index (χ0v) is 12.7. The molecular formula is C13H10BrClN2S. The Labute approximate surface area is 123 Å². The first-order valence-electron chi connectivity index (χ1n) is 5.27. The van der Waals surface area contributed by atoms with Gasteiger partial charge in [0.2, 0.25) is 0 Å². The first-order valence-corrected chi connectivity index (χ1v) is 7.26. The van der Waals surface area contributed by atoms with Crippen LogP contribution >= 0.6 is 38.9 Å². The predicted molar refractivity (Wildman–Crippen MR) is 80.2 cm³/mol. The molecule has 0 radical (unpaired) electrons. The molecule has 0 bridgehead atoms. The van der Waals surface area contributed by atoms with Crippen molar-refractivity contribution in [1.29, 1.82) is 5.26 Å². The number of rotatable bonds is 3. The monoisotopic (exact) mass is 340 g/mol. The average molecular weight is 342 g/mol. The summed E-state index contributed by atoms with van der Waals surface area (Å²) in [6, 6.07) is 11.2. The summed E-state index contributed by atoms with van der Waals surface area (Å²) < 4.78 is 1.04. The van der Waals surface area contributed by atoms with Crippen molar-refractivity contribution in [3.8, 4) is 6.07 Å². The van der Waals surface area contributed by atoms with Crippen molar-refractivity contribution in [2.75, 3.05) is 5.32 Å². The van der Waals surface area contributed by atoms with Gasteiger partial charge in [0.1, 0.15) is 6.04 Å². The molecule has 2 aromatic rings. The van der Waals surface area contributed by atoms with Gasteiger partial charge in [-0.2, -0.15) is 5.26 Å². The normalized spacial score (nSPS) is 11.9. The first-order chi connectivity index (χ1) is 8.60. The standard InChI is InChI=1S/C13H10BrClN2S/c1-8-11(14)6-13(18-8)12(7-16)17-10-4-2-9(15)3-5-10/h2-6,12,17H,1H3. The average Bonchev–Trinajstić information content (AvgIpc) is 2.69. The number of hydrogen-bond donors (Lipinski definition) is 1. The summed E-state index contributed by atoms with van der Waals surface area (Å²) in [6.45, 7) is 2.02. The van der Waals surface area contributed by atoms with E-state index in [0.717, 1.165) is 15.0 Å². The minimum Gasteiger partial charge on any atom is -0.366 e. The van der Waals surface area contributed by atoms with Crippen LogP contribution in [0, 0.1) is 18.3 Å². The molecule has 1 unspecified atom stereocenters. The van der Waals surface area contributed by atoms with Gasteiger partial charge in [-0.3, -0.25) is 0 Å².